The van der Waals surface area contributed by atoms with Crippen LogP contribution < -0.4 is 4.90 Å². The standard InChI is InChI=1S/C9H12ClN3O3/c10-8-7(5-14)13(1-2-16-8)9-11-3-6(15)4-12-9/h3-4,7-8,14-15H,1-2,5H2/t7?,8-/m1/s1. The fourth-order valence-electron chi connectivity index (χ4n) is 1.57. The van der Waals surface area contributed by atoms with E-state index in [0.717, 1.165) is 0 Å². The van der Waals surface area contributed by atoms with Gasteiger partial charge in [0.25, 0.3) is 0 Å². The van der Waals surface area contributed by atoms with Crippen LogP contribution >= 0.6 is 11.6 Å². The zero-order valence-electron chi connectivity index (χ0n) is 8.45. The number of halogens is 1. The molecule has 0 aliphatic carbocycles. The van der Waals surface area contributed by atoms with Crippen molar-refractivity contribution in [1.29, 1.82) is 0 Å². The number of hydrogen-bond donors (Lipinski definition) is 2. The van der Waals surface area contributed by atoms with Gasteiger partial charge in [-0.3, -0.25) is 0 Å². The fourth-order valence-corrected chi connectivity index (χ4v) is 1.88. The molecule has 1 unspecified atom stereocenters. The van der Waals surface area contributed by atoms with Crippen LogP contribution in [0.4, 0.5) is 5.95 Å². The number of ether oxygens (including phenoxy) is 1. The van der Waals surface area contributed by atoms with Gasteiger partial charge in [-0.05, 0) is 0 Å². The molecule has 16 heavy (non-hydrogen) atoms. The van der Waals surface area contributed by atoms with E-state index in [1.807, 2.05) is 0 Å². The fraction of sp³-hybridized carbons (Fsp3) is 0.556. The van der Waals surface area contributed by atoms with Crippen molar-refractivity contribution in [2.75, 3.05) is 24.7 Å². The summed E-state index contributed by atoms with van der Waals surface area (Å²) in [5.74, 6) is 0.422. The molecule has 0 amide bonds. The van der Waals surface area contributed by atoms with Gasteiger partial charge in [0.1, 0.15) is 0 Å². The third-order valence-electron chi connectivity index (χ3n) is 2.38. The van der Waals surface area contributed by atoms with Crippen LogP contribution in [-0.4, -0.2) is 51.5 Å². The maximum absolute atomic E-state index is 9.24. The predicted octanol–water partition coefficient (Wildman–Crippen LogP) is -0.0554. The lowest BCUT2D eigenvalue weighted by Crippen LogP contribution is -2.52. The van der Waals surface area contributed by atoms with E-state index < -0.39 is 5.56 Å². The first-order valence-corrected chi connectivity index (χ1v) is 5.30. The quantitative estimate of drug-likeness (QED) is 0.711. The summed E-state index contributed by atoms with van der Waals surface area (Å²) in [6.45, 7) is 0.868. The van der Waals surface area contributed by atoms with Crippen molar-refractivity contribution >= 4 is 17.5 Å². The lowest BCUT2D eigenvalue weighted by molar-refractivity contribution is 0.0445. The topological polar surface area (TPSA) is 78.7 Å². The minimum atomic E-state index is -0.587. The molecule has 1 fully saturated rings. The minimum absolute atomic E-state index is 0.0000172. The summed E-state index contributed by atoms with van der Waals surface area (Å²) in [6.07, 6.45) is 2.60. The van der Waals surface area contributed by atoms with Crippen molar-refractivity contribution < 1.29 is 14.9 Å². The SMILES string of the molecule is OCC1[C@H](Cl)OCCN1c1ncc(O)cn1. The molecule has 1 aromatic heterocycles. The summed E-state index contributed by atoms with van der Waals surface area (Å²) in [5.41, 5.74) is -0.587. The maximum atomic E-state index is 9.24. The van der Waals surface area contributed by atoms with E-state index in [-0.39, 0.29) is 18.4 Å². The van der Waals surface area contributed by atoms with Crippen molar-refractivity contribution in [2.24, 2.45) is 0 Å². The van der Waals surface area contributed by atoms with Gasteiger partial charge < -0.3 is 19.8 Å². The lowest BCUT2D eigenvalue weighted by atomic mass is 10.2. The Balaban J connectivity index is 2.20. The third kappa shape index (κ3) is 2.18. The Labute approximate surface area is 97.5 Å². The van der Waals surface area contributed by atoms with E-state index in [9.17, 15) is 5.11 Å². The van der Waals surface area contributed by atoms with Crippen molar-refractivity contribution in [1.82, 2.24) is 9.97 Å². The third-order valence-corrected chi connectivity index (χ3v) is 2.80. The van der Waals surface area contributed by atoms with Crippen LogP contribution in [0.1, 0.15) is 0 Å². The highest BCUT2D eigenvalue weighted by Crippen LogP contribution is 2.21. The Kier molecular flexibility index (Phi) is 3.42. The summed E-state index contributed by atoms with van der Waals surface area (Å²) in [5, 5.41) is 18.3. The molecule has 1 aliphatic heterocycles. The number of aliphatic hydroxyl groups is 1. The highest BCUT2D eigenvalue weighted by Gasteiger charge is 2.31. The van der Waals surface area contributed by atoms with Crippen LogP contribution in [0.3, 0.4) is 0 Å². The molecule has 2 heterocycles. The number of anilines is 1. The van der Waals surface area contributed by atoms with E-state index in [0.29, 0.717) is 19.1 Å². The van der Waals surface area contributed by atoms with Gasteiger partial charge >= 0.3 is 0 Å². The second-order valence-electron chi connectivity index (χ2n) is 3.41. The monoisotopic (exact) mass is 245 g/mol. The summed E-state index contributed by atoms with van der Waals surface area (Å²) in [7, 11) is 0. The van der Waals surface area contributed by atoms with E-state index in [1.165, 1.54) is 12.4 Å². The number of aromatic hydroxyl groups is 1. The first-order chi connectivity index (χ1) is 7.72. The molecular weight excluding hydrogens is 234 g/mol. The molecule has 0 bridgehead atoms. The van der Waals surface area contributed by atoms with Crippen molar-refractivity contribution in [3.63, 3.8) is 0 Å². The molecule has 7 heteroatoms. The van der Waals surface area contributed by atoms with Crippen molar-refractivity contribution in [3.8, 4) is 5.75 Å². The molecule has 0 saturated carbocycles. The Hall–Kier alpha value is -1.11. The predicted molar refractivity (Wildman–Crippen MR) is 57.5 cm³/mol. The summed E-state index contributed by atoms with van der Waals surface area (Å²) in [4.78, 5) is 9.71. The number of hydrogen-bond acceptors (Lipinski definition) is 6. The number of alkyl halides is 1. The van der Waals surface area contributed by atoms with Crippen LogP contribution in [0.2, 0.25) is 0 Å². The lowest BCUT2D eigenvalue weighted by Gasteiger charge is -2.37. The van der Waals surface area contributed by atoms with Gasteiger partial charge in [0.05, 0.1) is 31.6 Å². The molecule has 1 aliphatic rings. The molecule has 0 spiro atoms. The van der Waals surface area contributed by atoms with Crippen LogP contribution in [-0.2, 0) is 4.74 Å². The highest BCUT2D eigenvalue weighted by atomic mass is 35.5. The van der Waals surface area contributed by atoms with Gasteiger partial charge in [0.15, 0.2) is 11.3 Å². The maximum Gasteiger partial charge on any atom is 0.226 e. The van der Waals surface area contributed by atoms with E-state index in [4.69, 9.17) is 21.4 Å². The van der Waals surface area contributed by atoms with E-state index in [2.05, 4.69) is 9.97 Å². The zero-order valence-corrected chi connectivity index (χ0v) is 9.21. The highest BCUT2D eigenvalue weighted by molar-refractivity contribution is 6.20. The average Bonchev–Trinajstić information content (AvgIpc) is 2.30. The van der Waals surface area contributed by atoms with Gasteiger partial charge in [0.2, 0.25) is 5.95 Å². The Morgan fingerprint density at radius 3 is 2.81 bits per heavy atom. The van der Waals surface area contributed by atoms with E-state index in [1.54, 1.807) is 4.90 Å². The summed E-state index contributed by atoms with van der Waals surface area (Å²) in [6, 6.07) is -0.375. The van der Waals surface area contributed by atoms with Gasteiger partial charge in [-0.25, -0.2) is 9.97 Å². The number of nitrogens with zero attached hydrogens (tertiary/aromatic N) is 3. The molecule has 2 N–H and O–H groups in total. The number of aromatic nitrogens is 2. The second-order valence-corrected chi connectivity index (χ2v) is 3.84. The van der Waals surface area contributed by atoms with Crippen molar-refractivity contribution in [3.05, 3.63) is 12.4 Å². The van der Waals surface area contributed by atoms with Crippen LogP contribution in [0.15, 0.2) is 12.4 Å². The Bertz CT molecular complexity index is 348. The minimum Gasteiger partial charge on any atom is -0.505 e. The van der Waals surface area contributed by atoms with Crippen LogP contribution in [0.5, 0.6) is 5.75 Å². The first kappa shape index (κ1) is 11.4. The van der Waals surface area contributed by atoms with Crippen LogP contribution in [0, 0.1) is 0 Å². The van der Waals surface area contributed by atoms with Gasteiger partial charge in [-0.1, -0.05) is 11.6 Å². The number of morpholine rings is 1. The Morgan fingerprint density at radius 2 is 2.19 bits per heavy atom. The van der Waals surface area contributed by atoms with Crippen LogP contribution in [0.25, 0.3) is 0 Å². The molecule has 0 radical (unpaired) electrons. The smallest absolute Gasteiger partial charge is 0.226 e. The van der Waals surface area contributed by atoms with Gasteiger partial charge in [-0.2, -0.15) is 0 Å². The second kappa shape index (κ2) is 4.82. The Morgan fingerprint density at radius 1 is 1.50 bits per heavy atom. The first-order valence-electron chi connectivity index (χ1n) is 4.86. The van der Waals surface area contributed by atoms with Crippen molar-refractivity contribution in [2.45, 2.75) is 11.6 Å². The summed E-state index contributed by atoms with van der Waals surface area (Å²) < 4.78 is 5.22. The molecule has 0 aromatic carbocycles. The number of aliphatic hydroxyl groups excluding tert-OH is 1. The molecule has 2 rings (SSSR count). The molecular formula is C9H12ClN3O3. The average molecular weight is 246 g/mol. The van der Waals surface area contributed by atoms with Gasteiger partial charge in [-0.15, -0.1) is 0 Å². The largest absolute Gasteiger partial charge is 0.505 e. The summed E-state index contributed by atoms with van der Waals surface area (Å²) >= 11 is 5.93. The molecule has 1 aromatic rings. The normalized spacial score (nSPS) is 25.8. The molecule has 1 saturated heterocycles. The number of rotatable bonds is 2. The van der Waals surface area contributed by atoms with E-state index >= 15 is 0 Å². The molecule has 88 valence electrons. The zero-order chi connectivity index (χ0) is 11.5. The molecule has 2 atom stereocenters. The van der Waals surface area contributed by atoms with Gasteiger partial charge in [0, 0.05) is 6.54 Å². The molecule has 6 nitrogen and oxygen atoms in total.